The highest BCUT2D eigenvalue weighted by atomic mass is 32.2. The van der Waals surface area contributed by atoms with Crippen LogP contribution < -0.4 is 9.47 Å². The van der Waals surface area contributed by atoms with Crippen LogP contribution in [0.1, 0.15) is 22.3 Å². The zero-order chi connectivity index (χ0) is 23.0. The number of benzene rings is 3. The van der Waals surface area contributed by atoms with Crippen LogP contribution in [-0.2, 0) is 16.3 Å². The summed E-state index contributed by atoms with van der Waals surface area (Å²) in [4.78, 5) is 11.0. The molecule has 0 saturated carbocycles. The topological polar surface area (TPSA) is 95.7 Å². The van der Waals surface area contributed by atoms with E-state index in [0.29, 0.717) is 28.2 Å². The number of methoxy groups -OCH3 is 2. The van der Waals surface area contributed by atoms with E-state index in [1.54, 1.807) is 48.5 Å². The molecule has 0 unspecified atom stereocenters. The lowest BCUT2D eigenvalue weighted by Gasteiger charge is -2.13. The molecule has 0 aromatic heterocycles. The lowest BCUT2D eigenvalue weighted by Crippen LogP contribution is -2.07. The molecule has 0 bridgehead atoms. The molecule has 3 aromatic rings. The van der Waals surface area contributed by atoms with Gasteiger partial charge in [0.25, 0.3) is 5.69 Å². The van der Waals surface area contributed by atoms with Crippen LogP contribution in [0, 0.1) is 17.0 Å². The third kappa shape index (κ3) is 3.62. The van der Waals surface area contributed by atoms with Gasteiger partial charge in [0.05, 0.1) is 28.9 Å². The number of fused-ring (bicyclic) bond motifs is 1. The van der Waals surface area contributed by atoms with E-state index in [-0.39, 0.29) is 21.9 Å². The van der Waals surface area contributed by atoms with Gasteiger partial charge in [-0.05, 0) is 60.0 Å². The Balaban J connectivity index is 1.97. The molecule has 7 nitrogen and oxygen atoms in total. The van der Waals surface area contributed by atoms with Gasteiger partial charge in [-0.15, -0.1) is 0 Å². The molecule has 3 aromatic carbocycles. The van der Waals surface area contributed by atoms with Crippen molar-refractivity contribution in [1.29, 1.82) is 0 Å². The number of hydrogen-bond acceptors (Lipinski definition) is 6. The summed E-state index contributed by atoms with van der Waals surface area (Å²) >= 11 is 0. The fourth-order valence-electron chi connectivity index (χ4n) is 3.87. The SMILES string of the molecule is COc1cc2c(cc1OC)C(c1ccc([N+](=O)[O-])cc1)=C(S(=O)(=O)c1ccc(C)cc1)C2. The molecule has 0 amide bonds. The Morgan fingerprint density at radius 1 is 0.906 bits per heavy atom. The molecule has 4 rings (SSSR count). The van der Waals surface area contributed by atoms with Crippen LogP contribution in [0.25, 0.3) is 5.57 Å². The fourth-order valence-corrected chi connectivity index (χ4v) is 5.49. The van der Waals surface area contributed by atoms with E-state index in [1.807, 2.05) is 6.92 Å². The number of allylic oxidation sites excluding steroid dienone is 1. The fraction of sp³-hybridized carbons (Fsp3) is 0.167. The standard InChI is InChI=1S/C24H21NO6S/c1-15-4-10-19(11-5-15)32(28,29)23-13-17-12-21(30-2)22(31-3)14-20(17)24(23)16-6-8-18(9-7-16)25(26)27/h4-12,14H,13H2,1-3H3. The number of ether oxygens (including phenoxy) is 2. The second-order valence-electron chi connectivity index (χ2n) is 7.46. The van der Waals surface area contributed by atoms with E-state index in [4.69, 9.17) is 9.47 Å². The Hall–Kier alpha value is -3.65. The quantitative estimate of drug-likeness (QED) is 0.398. The molecule has 0 heterocycles. The predicted octanol–water partition coefficient (Wildman–Crippen LogP) is 4.71. The van der Waals surface area contributed by atoms with Gasteiger partial charge in [-0.25, -0.2) is 8.42 Å². The Kier molecular flexibility index (Phi) is 5.48. The van der Waals surface area contributed by atoms with Crippen molar-refractivity contribution in [3.05, 3.63) is 97.9 Å². The molecular weight excluding hydrogens is 430 g/mol. The molecule has 0 atom stereocenters. The maximum atomic E-state index is 13.7. The van der Waals surface area contributed by atoms with Gasteiger partial charge in [-0.2, -0.15) is 0 Å². The summed E-state index contributed by atoms with van der Waals surface area (Å²) in [7, 11) is -0.788. The first-order valence-electron chi connectivity index (χ1n) is 9.81. The minimum absolute atomic E-state index is 0.0668. The van der Waals surface area contributed by atoms with Crippen molar-refractivity contribution < 1.29 is 22.8 Å². The zero-order valence-electron chi connectivity index (χ0n) is 17.8. The molecule has 0 spiro atoms. The number of sulfone groups is 1. The van der Waals surface area contributed by atoms with Crippen LogP contribution in [0.15, 0.2) is 70.5 Å². The number of nitro benzene ring substituents is 1. The number of non-ortho nitro benzene ring substituents is 1. The predicted molar refractivity (Wildman–Crippen MR) is 121 cm³/mol. The minimum Gasteiger partial charge on any atom is -0.493 e. The summed E-state index contributed by atoms with van der Waals surface area (Å²) in [5.74, 6) is 0.975. The van der Waals surface area contributed by atoms with E-state index in [1.165, 1.54) is 26.4 Å². The molecule has 1 aliphatic carbocycles. The molecule has 0 saturated heterocycles. The van der Waals surface area contributed by atoms with Crippen LogP contribution in [0.2, 0.25) is 0 Å². The van der Waals surface area contributed by atoms with E-state index >= 15 is 0 Å². The van der Waals surface area contributed by atoms with Gasteiger partial charge in [-0.1, -0.05) is 17.7 Å². The average Bonchev–Trinajstić information content (AvgIpc) is 3.17. The summed E-state index contributed by atoms with van der Waals surface area (Å²) in [6, 6.07) is 16.1. The van der Waals surface area contributed by atoms with Gasteiger partial charge in [0.2, 0.25) is 9.84 Å². The van der Waals surface area contributed by atoms with E-state index in [0.717, 1.165) is 11.1 Å². The van der Waals surface area contributed by atoms with Gasteiger partial charge in [0.15, 0.2) is 11.5 Å². The Bertz CT molecular complexity index is 1340. The smallest absolute Gasteiger partial charge is 0.269 e. The molecule has 0 aliphatic heterocycles. The van der Waals surface area contributed by atoms with Crippen LogP contribution in [0.5, 0.6) is 11.5 Å². The van der Waals surface area contributed by atoms with E-state index in [2.05, 4.69) is 0 Å². The molecule has 164 valence electrons. The maximum Gasteiger partial charge on any atom is 0.269 e. The molecular formula is C24H21NO6S. The van der Waals surface area contributed by atoms with E-state index < -0.39 is 14.8 Å². The Morgan fingerprint density at radius 3 is 2.06 bits per heavy atom. The van der Waals surface area contributed by atoms with Gasteiger partial charge in [0.1, 0.15) is 0 Å². The summed E-state index contributed by atoms with van der Waals surface area (Å²) in [5, 5.41) is 11.1. The molecule has 32 heavy (non-hydrogen) atoms. The maximum absolute atomic E-state index is 13.7. The highest BCUT2D eigenvalue weighted by molar-refractivity contribution is 7.95. The first-order valence-corrected chi connectivity index (χ1v) is 11.3. The lowest BCUT2D eigenvalue weighted by molar-refractivity contribution is -0.384. The molecule has 8 heteroatoms. The van der Waals surface area contributed by atoms with Gasteiger partial charge < -0.3 is 9.47 Å². The summed E-state index contributed by atoms with van der Waals surface area (Å²) in [6.07, 6.45) is 0.179. The number of rotatable bonds is 6. The largest absolute Gasteiger partial charge is 0.493 e. The number of nitrogens with zero attached hydrogens (tertiary/aromatic N) is 1. The number of aryl methyl sites for hydroxylation is 1. The molecule has 0 radical (unpaired) electrons. The highest BCUT2D eigenvalue weighted by Crippen LogP contribution is 2.45. The number of nitro groups is 1. The third-order valence-corrected chi connectivity index (χ3v) is 7.42. The summed E-state index contributed by atoms with van der Waals surface area (Å²) in [5.41, 5.74) is 3.45. The third-order valence-electron chi connectivity index (χ3n) is 5.53. The van der Waals surface area contributed by atoms with Crippen molar-refractivity contribution in [3.8, 4) is 11.5 Å². The van der Waals surface area contributed by atoms with Crippen molar-refractivity contribution >= 4 is 21.1 Å². The van der Waals surface area contributed by atoms with Crippen molar-refractivity contribution in [1.82, 2.24) is 0 Å². The molecule has 1 aliphatic rings. The minimum atomic E-state index is -3.82. The van der Waals surface area contributed by atoms with Gasteiger partial charge >= 0.3 is 0 Å². The van der Waals surface area contributed by atoms with Crippen LogP contribution >= 0.6 is 0 Å². The normalized spacial score (nSPS) is 13.1. The lowest BCUT2D eigenvalue weighted by atomic mass is 9.98. The van der Waals surface area contributed by atoms with E-state index in [9.17, 15) is 18.5 Å². The summed E-state index contributed by atoms with van der Waals surface area (Å²) < 4.78 is 38.1. The molecule has 0 N–H and O–H groups in total. The second kappa shape index (κ2) is 8.12. The van der Waals surface area contributed by atoms with Crippen LogP contribution in [0.4, 0.5) is 5.69 Å². The molecule has 0 fully saturated rings. The monoisotopic (exact) mass is 451 g/mol. The zero-order valence-corrected chi connectivity index (χ0v) is 18.6. The Morgan fingerprint density at radius 2 is 1.50 bits per heavy atom. The van der Waals surface area contributed by atoms with Crippen molar-refractivity contribution in [2.45, 2.75) is 18.2 Å². The highest BCUT2D eigenvalue weighted by Gasteiger charge is 2.33. The second-order valence-corrected chi connectivity index (χ2v) is 9.43. The van der Waals surface area contributed by atoms with Gasteiger partial charge in [-0.3, -0.25) is 10.1 Å². The van der Waals surface area contributed by atoms with Crippen molar-refractivity contribution in [3.63, 3.8) is 0 Å². The Labute approximate surface area is 186 Å². The van der Waals surface area contributed by atoms with Crippen molar-refractivity contribution in [2.24, 2.45) is 0 Å². The van der Waals surface area contributed by atoms with Gasteiger partial charge in [0, 0.05) is 24.1 Å². The average molecular weight is 452 g/mol. The first-order chi connectivity index (χ1) is 15.3. The van der Waals surface area contributed by atoms with Crippen LogP contribution in [-0.4, -0.2) is 27.6 Å². The first kappa shape index (κ1) is 21.6. The number of hydrogen-bond donors (Lipinski definition) is 0. The van der Waals surface area contributed by atoms with Crippen LogP contribution in [0.3, 0.4) is 0 Å². The van der Waals surface area contributed by atoms with Crippen molar-refractivity contribution in [2.75, 3.05) is 14.2 Å². The summed E-state index contributed by atoms with van der Waals surface area (Å²) in [6.45, 7) is 1.89.